The number of nitrogens with one attached hydrogen (secondary N) is 1. The molecule has 1 aliphatic heterocycles. The topological polar surface area (TPSA) is 88.8 Å². The van der Waals surface area contributed by atoms with Crippen molar-refractivity contribution in [2.24, 2.45) is 0 Å². The van der Waals surface area contributed by atoms with E-state index in [1.165, 1.54) is 6.07 Å². The largest absolute Gasteiger partial charge is 0.450 e. The van der Waals surface area contributed by atoms with Gasteiger partial charge in [0.1, 0.15) is 17.3 Å². The van der Waals surface area contributed by atoms with Crippen molar-refractivity contribution in [3.63, 3.8) is 0 Å². The first kappa shape index (κ1) is 15.0. The highest BCUT2D eigenvalue weighted by molar-refractivity contribution is 9.10. The third kappa shape index (κ3) is 3.38. The molecule has 1 saturated heterocycles. The van der Waals surface area contributed by atoms with Crippen LogP contribution in [0.15, 0.2) is 20.0 Å². The first-order valence-corrected chi connectivity index (χ1v) is 8.15. The molecule has 0 spiro atoms. The zero-order valence-electron chi connectivity index (χ0n) is 10.5. The fourth-order valence-electron chi connectivity index (χ4n) is 2.05. The summed E-state index contributed by atoms with van der Waals surface area (Å²) in [5, 5.41) is 8.96. The van der Waals surface area contributed by atoms with E-state index in [9.17, 15) is 8.42 Å². The van der Waals surface area contributed by atoms with Gasteiger partial charge in [-0.15, -0.1) is 0 Å². The highest BCUT2D eigenvalue weighted by Gasteiger charge is 2.34. The Morgan fingerprint density at radius 3 is 2.84 bits per heavy atom. The van der Waals surface area contributed by atoms with Crippen LogP contribution in [0, 0.1) is 0 Å². The van der Waals surface area contributed by atoms with Crippen molar-refractivity contribution >= 4 is 26.0 Å². The molecule has 8 heteroatoms. The van der Waals surface area contributed by atoms with Gasteiger partial charge in [0.2, 0.25) is 10.0 Å². The molecule has 0 bridgehead atoms. The zero-order valence-corrected chi connectivity index (χ0v) is 12.9. The monoisotopic (exact) mass is 353 g/mol. The fraction of sp³-hybridized carbons (Fsp3) is 0.636. The molecule has 1 aliphatic rings. The van der Waals surface area contributed by atoms with Crippen LogP contribution in [-0.4, -0.2) is 32.3 Å². The Labute approximate surface area is 120 Å². The molecule has 2 N–H and O–H groups in total. The van der Waals surface area contributed by atoms with E-state index in [2.05, 4.69) is 20.7 Å². The maximum atomic E-state index is 12.3. The predicted molar refractivity (Wildman–Crippen MR) is 71.1 cm³/mol. The maximum Gasteiger partial charge on any atom is 0.245 e. The van der Waals surface area contributed by atoms with Gasteiger partial charge in [0, 0.05) is 12.7 Å². The van der Waals surface area contributed by atoms with Crippen LogP contribution in [-0.2, 0) is 21.4 Å². The molecule has 0 aliphatic carbocycles. The van der Waals surface area contributed by atoms with E-state index in [4.69, 9.17) is 14.3 Å². The minimum absolute atomic E-state index is 0.0108. The fourth-order valence-corrected chi connectivity index (χ4v) is 4.47. The number of furan rings is 1. The van der Waals surface area contributed by atoms with Gasteiger partial charge in [0.15, 0.2) is 4.67 Å². The number of hydrogen-bond acceptors (Lipinski definition) is 5. The Bertz CT molecular complexity index is 547. The average Bonchev–Trinajstić information content (AvgIpc) is 2.71. The third-order valence-electron chi connectivity index (χ3n) is 2.97. The lowest BCUT2D eigenvalue weighted by Crippen LogP contribution is -2.51. The molecule has 1 aromatic rings. The lowest BCUT2D eigenvalue weighted by atomic mass is 9.97. The van der Waals surface area contributed by atoms with Crippen molar-refractivity contribution in [2.45, 2.75) is 36.8 Å². The second-order valence-electron chi connectivity index (χ2n) is 4.83. The van der Waals surface area contributed by atoms with Gasteiger partial charge in [-0.1, -0.05) is 0 Å². The van der Waals surface area contributed by atoms with Crippen LogP contribution in [0.3, 0.4) is 0 Å². The molecular formula is C11H16BrNO5S. The summed E-state index contributed by atoms with van der Waals surface area (Å²) in [5.74, 6) is 0.192. The highest BCUT2D eigenvalue weighted by atomic mass is 79.9. The molecule has 19 heavy (non-hydrogen) atoms. The molecule has 1 aromatic heterocycles. The van der Waals surface area contributed by atoms with Gasteiger partial charge in [-0.3, -0.25) is 0 Å². The second-order valence-corrected chi connectivity index (χ2v) is 7.20. The van der Waals surface area contributed by atoms with E-state index in [1.807, 2.05) is 6.92 Å². The number of ether oxygens (including phenoxy) is 1. The lowest BCUT2D eigenvalue weighted by Gasteiger charge is -2.33. The quantitative estimate of drug-likeness (QED) is 0.853. The van der Waals surface area contributed by atoms with Crippen molar-refractivity contribution in [3.8, 4) is 0 Å². The van der Waals surface area contributed by atoms with E-state index in [-0.39, 0.29) is 21.9 Å². The van der Waals surface area contributed by atoms with E-state index in [1.54, 1.807) is 0 Å². The third-order valence-corrected chi connectivity index (χ3v) is 5.47. The summed E-state index contributed by atoms with van der Waals surface area (Å²) in [6.45, 7) is 2.45. The van der Waals surface area contributed by atoms with Crippen molar-refractivity contribution in [1.82, 2.24) is 4.72 Å². The molecule has 2 rings (SSSR count). The number of hydrogen-bond donors (Lipinski definition) is 2. The highest BCUT2D eigenvalue weighted by Crippen LogP contribution is 2.28. The smallest absolute Gasteiger partial charge is 0.245 e. The van der Waals surface area contributed by atoms with Crippen LogP contribution < -0.4 is 4.72 Å². The van der Waals surface area contributed by atoms with Crippen LogP contribution in [0.1, 0.15) is 25.5 Å². The minimum Gasteiger partial charge on any atom is -0.450 e. The van der Waals surface area contributed by atoms with Gasteiger partial charge in [-0.2, -0.15) is 0 Å². The van der Waals surface area contributed by atoms with Crippen molar-refractivity contribution < 1.29 is 22.7 Å². The number of rotatable bonds is 4. The van der Waals surface area contributed by atoms with Crippen LogP contribution in [0.2, 0.25) is 0 Å². The number of aliphatic hydroxyl groups is 1. The van der Waals surface area contributed by atoms with Gasteiger partial charge in [-0.05, 0) is 35.7 Å². The summed E-state index contributed by atoms with van der Waals surface area (Å²) < 4.78 is 37.8. The molecule has 0 aromatic carbocycles. The molecule has 1 unspecified atom stereocenters. The summed E-state index contributed by atoms with van der Waals surface area (Å²) >= 11 is 3.05. The molecule has 1 atom stereocenters. The molecule has 1 fully saturated rings. The van der Waals surface area contributed by atoms with Crippen LogP contribution in [0.25, 0.3) is 0 Å². The van der Waals surface area contributed by atoms with Crippen LogP contribution in [0.4, 0.5) is 0 Å². The summed E-state index contributed by atoms with van der Waals surface area (Å²) in [6.07, 6.45) is 1.53. The SMILES string of the molecule is CC1(NS(=O)(=O)c2cc(CO)oc2Br)CCCOC1. The lowest BCUT2D eigenvalue weighted by molar-refractivity contribution is 0.0386. The standard InChI is InChI=1S/C11H16BrNO5S/c1-11(3-2-4-17-7-11)13-19(15,16)9-5-8(6-14)18-10(9)12/h5,13-14H,2-4,6-7H2,1H3. The summed E-state index contributed by atoms with van der Waals surface area (Å²) in [6, 6.07) is 1.31. The molecular weight excluding hydrogens is 338 g/mol. The van der Waals surface area contributed by atoms with Crippen molar-refractivity contribution in [2.75, 3.05) is 13.2 Å². The summed E-state index contributed by atoms with van der Waals surface area (Å²) in [7, 11) is -3.72. The maximum absolute atomic E-state index is 12.3. The van der Waals surface area contributed by atoms with Gasteiger partial charge in [0.05, 0.1) is 12.1 Å². The summed E-state index contributed by atoms with van der Waals surface area (Å²) in [4.78, 5) is -0.0108. The van der Waals surface area contributed by atoms with Crippen LogP contribution >= 0.6 is 15.9 Å². The molecule has 108 valence electrons. The molecule has 0 radical (unpaired) electrons. The van der Waals surface area contributed by atoms with Gasteiger partial charge >= 0.3 is 0 Å². The normalized spacial score (nSPS) is 24.6. The van der Waals surface area contributed by atoms with Crippen molar-refractivity contribution in [3.05, 3.63) is 16.5 Å². The number of aliphatic hydroxyl groups excluding tert-OH is 1. The minimum atomic E-state index is -3.72. The number of halogens is 1. The molecule has 0 amide bonds. The number of sulfonamides is 1. The van der Waals surface area contributed by atoms with Crippen molar-refractivity contribution in [1.29, 1.82) is 0 Å². The molecule has 0 saturated carbocycles. The molecule has 2 heterocycles. The average molecular weight is 354 g/mol. The predicted octanol–water partition coefficient (Wildman–Crippen LogP) is 1.38. The van der Waals surface area contributed by atoms with Gasteiger partial charge < -0.3 is 14.3 Å². The Kier molecular flexibility index (Phi) is 4.36. The first-order chi connectivity index (χ1) is 8.86. The molecule has 6 nitrogen and oxygen atoms in total. The van der Waals surface area contributed by atoms with E-state index >= 15 is 0 Å². The second kappa shape index (κ2) is 5.53. The Morgan fingerprint density at radius 2 is 2.32 bits per heavy atom. The van der Waals surface area contributed by atoms with E-state index in [0.717, 1.165) is 6.42 Å². The van der Waals surface area contributed by atoms with Gasteiger partial charge in [-0.25, -0.2) is 13.1 Å². The van der Waals surface area contributed by atoms with E-state index < -0.39 is 15.6 Å². The first-order valence-electron chi connectivity index (χ1n) is 5.87. The summed E-state index contributed by atoms with van der Waals surface area (Å²) in [5.41, 5.74) is -0.618. The Balaban J connectivity index is 2.24. The van der Waals surface area contributed by atoms with Gasteiger partial charge in [0.25, 0.3) is 0 Å². The zero-order chi connectivity index (χ0) is 14.1. The van der Waals surface area contributed by atoms with E-state index in [0.29, 0.717) is 19.6 Å². The Hall–Kier alpha value is -0.410. The van der Waals surface area contributed by atoms with Crippen LogP contribution in [0.5, 0.6) is 0 Å². The Morgan fingerprint density at radius 1 is 1.58 bits per heavy atom.